The predicted octanol–water partition coefficient (Wildman–Crippen LogP) is 3.05. The SMILES string of the molecule is CCN(CC)C(=O)CCCC(=O)NC(C)CCN1CCN(c2cccc(C)c2)CC1. The predicted molar refractivity (Wildman–Crippen MR) is 124 cm³/mol. The van der Waals surface area contributed by atoms with Gasteiger partial charge in [0.15, 0.2) is 0 Å². The van der Waals surface area contributed by atoms with Gasteiger partial charge in [0.25, 0.3) is 0 Å². The van der Waals surface area contributed by atoms with Crippen LogP contribution in [0.1, 0.15) is 52.0 Å². The van der Waals surface area contributed by atoms with Gasteiger partial charge in [-0.1, -0.05) is 12.1 Å². The molecule has 6 nitrogen and oxygen atoms in total. The highest BCUT2D eigenvalue weighted by molar-refractivity contribution is 5.79. The average Bonchev–Trinajstić information content (AvgIpc) is 2.73. The number of anilines is 1. The molecule has 30 heavy (non-hydrogen) atoms. The fourth-order valence-electron chi connectivity index (χ4n) is 3.98. The maximum Gasteiger partial charge on any atom is 0.222 e. The summed E-state index contributed by atoms with van der Waals surface area (Å²) in [4.78, 5) is 30.9. The Balaban J connectivity index is 1.60. The fourth-order valence-corrected chi connectivity index (χ4v) is 3.98. The minimum Gasteiger partial charge on any atom is -0.369 e. The van der Waals surface area contributed by atoms with Crippen LogP contribution in [0.3, 0.4) is 0 Å². The summed E-state index contributed by atoms with van der Waals surface area (Å²) in [5.41, 5.74) is 2.62. The number of piperazine rings is 1. The molecule has 1 N–H and O–H groups in total. The molecule has 1 aromatic rings. The van der Waals surface area contributed by atoms with E-state index >= 15 is 0 Å². The van der Waals surface area contributed by atoms with Crippen LogP contribution >= 0.6 is 0 Å². The first-order valence-corrected chi connectivity index (χ1v) is 11.5. The number of nitrogens with one attached hydrogen (secondary N) is 1. The van der Waals surface area contributed by atoms with E-state index in [2.05, 4.69) is 53.2 Å². The quantitative estimate of drug-likeness (QED) is 0.602. The summed E-state index contributed by atoms with van der Waals surface area (Å²) in [6, 6.07) is 8.86. The van der Waals surface area contributed by atoms with E-state index in [1.165, 1.54) is 11.3 Å². The first-order chi connectivity index (χ1) is 14.4. The summed E-state index contributed by atoms with van der Waals surface area (Å²) in [5.74, 6) is 0.199. The summed E-state index contributed by atoms with van der Waals surface area (Å²) < 4.78 is 0. The van der Waals surface area contributed by atoms with E-state index < -0.39 is 0 Å². The highest BCUT2D eigenvalue weighted by Crippen LogP contribution is 2.18. The largest absolute Gasteiger partial charge is 0.369 e. The summed E-state index contributed by atoms with van der Waals surface area (Å²) in [7, 11) is 0. The zero-order chi connectivity index (χ0) is 21.9. The van der Waals surface area contributed by atoms with Gasteiger partial charge < -0.3 is 15.1 Å². The molecule has 1 heterocycles. The lowest BCUT2D eigenvalue weighted by Crippen LogP contribution is -2.47. The van der Waals surface area contributed by atoms with Crippen LogP contribution in [0.5, 0.6) is 0 Å². The molecule has 0 aliphatic carbocycles. The number of rotatable bonds is 11. The van der Waals surface area contributed by atoms with E-state index in [-0.39, 0.29) is 17.9 Å². The molecule has 1 atom stereocenters. The molecule has 1 aliphatic heterocycles. The van der Waals surface area contributed by atoms with Crippen LogP contribution in [0.4, 0.5) is 5.69 Å². The number of carbonyl (C=O) groups is 2. The van der Waals surface area contributed by atoms with E-state index in [1.54, 1.807) is 0 Å². The van der Waals surface area contributed by atoms with E-state index in [0.29, 0.717) is 19.3 Å². The third-order valence-corrected chi connectivity index (χ3v) is 5.94. The monoisotopic (exact) mass is 416 g/mol. The van der Waals surface area contributed by atoms with Crippen molar-refractivity contribution in [2.24, 2.45) is 0 Å². The molecule has 0 bridgehead atoms. The Hall–Kier alpha value is -2.08. The normalized spacial score (nSPS) is 15.7. The van der Waals surface area contributed by atoms with Gasteiger partial charge in [-0.3, -0.25) is 14.5 Å². The van der Waals surface area contributed by atoms with Crippen LogP contribution in [0.25, 0.3) is 0 Å². The van der Waals surface area contributed by atoms with Gasteiger partial charge in [-0.25, -0.2) is 0 Å². The second-order valence-electron chi connectivity index (χ2n) is 8.34. The summed E-state index contributed by atoms with van der Waals surface area (Å²) in [6.07, 6.45) is 2.45. The van der Waals surface area contributed by atoms with Crippen LogP contribution in [0, 0.1) is 6.92 Å². The standard InChI is InChI=1S/C24H40N4O2/c1-5-27(6-2)24(30)12-8-11-23(29)25-21(4)13-14-26-15-17-28(18-16-26)22-10-7-9-20(3)19-22/h7,9-10,19,21H,5-6,8,11-18H2,1-4H3,(H,25,29). The van der Waals surface area contributed by atoms with Crippen molar-refractivity contribution in [3.63, 3.8) is 0 Å². The molecule has 168 valence electrons. The fraction of sp³-hybridized carbons (Fsp3) is 0.667. The molecule has 6 heteroatoms. The molecule has 0 spiro atoms. The number of benzene rings is 1. The van der Waals surface area contributed by atoms with Crippen LogP contribution in [0.15, 0.2) is 24.3 Å². The van der Waals surface area contributed by atoms with Crippen molar-refractivity contribution in [2.75, 3.05) is 50.7 Å². The van der Waals surface area contributed by atoms with Crippen LogP contribution in [-0.4, -0.2) is 73.5 Å². The van der Waals surface area contributed by atoms with E-state index in [1.807, 2.05) is 18.7 Å². The molecular weight excluding hydrogens is 376 g/mol. The Morgan fingerprint density at radius 2 is 1.80 bits per heavy atom. The number of hydrogen-bond acceptors (Lipinski definition) is 4. The van der Waals surface area contributed by atoms with Crippen molar-refractivity contribution in [1.82, 2.24) is 15.1 Å². The molecule has 2 rings (SSSR count). The van der Waals surface area contributed by atoms with Crippen LogP contribution in [0.2, 0.25) is 0 Å². The molecule has 1 unspecified atom stereocenters. The lowest BCUT2D eigenvalue weighted by atomic mass is 10.1. The lowest BCUT2D eigenvalue weighted by molar-refractivity contribution is -0.131. The minimum absolute atomic E-state index is 0.0547. The van der Waals surface area contributed by atoms with Crippen LogP contribution in [-0.2, 0) is 9.59 Å². The summed E-state index contributed by atoms with van der Waals surface area (Å²) in [5, 5.41) is 3.09. The van der Waals surface area contributed by atoms with Gasteiger partial charge in [-0.15, -0.1) is 0 Å². The Labute approximate surface area is 182 Å². The number of hydrogen-bond donors (Lipinski definition) is 1. The Bertz CT molecular complexity index is 667. The molecule has 0 radical (unpaired) electrons. The Morgan fingerprint density at radius 3 is 2.43 bits per heavy atom. The zero-order valence-electron chi connectivity index (χ0n) is 19.3. The number of carbonyl (C=O) groups excluding carboxylic acids is 2. The first kappa shape index (κ1) is 24.2. The third-order valence-electron chi connectivity index (χ3n) is 5.94. The first-order valence-electron chi connectivity index (χ1n) is 11.5. The number of nitrogens with zero attached hydrogens (tertiary/aromatic N) is 3. The minimum atomic E-state index is 0.0547. The van der Waals surface area contributed by atoms with Crippen molar-refractivity contribution in [3.05, 3.63) is 29.8 Å². The van der Waals surface area contributed by atoms with Crippen molar-refractivity contribution in [2.45, 2.75) is 59.4 Å². The van der Waals surface area contributed by atoms with Gasteiger partial charge in [0, 0.05) is 70.4 Å². The average molecular weight is 417 g/mol. The lowest BCUT2D eigenvalue weighted by Gasteiger charge is -2.36. The van der Waals surface area contributed by atoms with Crippen LogP contribution < -0.4 is 10.2 Å². The number of amides is 2. The molecule has 0 aromatic heterocycles. The molecule has 1 aliphatic rings. The second kappa shape index (κ2) is 12.6. The van der Waals surface area contributed by atoms with Crippen molar-refractivity contribution < 1.29 is 9.59 Å². The van der Waals surface area contributed by atoms with E-state index in [0.717, 1.165) is 52.2 Å². The Kier molecular flexibility index (Phi) is 10.1. The molecule has 2 amide bonds. The third kappa shape index (κ3) is 7.98. The topological polar surface area (TPSA) is 55.9 Å². The van der Waals surface area contributed by atoms with Crippen molar-refractivity contribution >= 4 is 17.5 Å². The molecule has 1 aromatic carbocycles. The van der Waals surface area contributed by atoms with E-state index in [4.69, 9.17) is 0 Å². The van der Waals surface area contributed by atoms with Gasteiger partial charge in [0.1, 0.15) is 0 Å². The highest BCUT2D eigenvalue weighted by atomic mass is 16.2. The molecule has 0 saturated carbocycles. The maximum absolute atomic E-state index is 12.2. The summed E-state index contributed by atoms with van der Waals surface area (Å²) >= 11 is 0. The van der Waals surface area contributed by atoms with Gasteiger partial charge in [0.05, 0.1) is 0 Å². The molecular formula is C24H40N4O2. The van der Waals surface area contributed by atoms with Gasteiger partial charge >= 0.3 is 0 Å². The number of aryl methyl sites for hydroxylation is 1. The van der Waals surface area contributed by atoms with Gasteiger partial charge in [-0.2, -0.15) is 0 Å². The second-order valence-corrected chi connectivity index (χ2v) is 8.34. The van der Waals surface area contributed by atoms with Crippen molar-refractivity contribution in [1.29, 1.82) is 0 Å². The molecule has 1 fully saturated rings. The Morgan fingerprint density at radius 1 is 1.10 bits per heavy atom. The van der Waals surface area contributed by atoms with E-state index in [9.17, 15) is 9.59 Å². The van der Waals surface area contributed by atoms with Crippen molar-refractivity contribution in [3.8, 4) is 0 Å². The highest BCUT2D eigenvalue weighted by Gasteiger charge is 2.18. The smallest absolute Gasteiger partial charge is 0.222 e. The van der Waals surface area contributed by atoms with Gasteiger partial charge in [-0.05, 0) is 58.2 Å². The summed E-state index contributed by atoms with van der Waals surface area (Å²) in [6.45, 7) is 14.9. The maximum atomic E-state index is 12.2. The zero-order valence-corrected chi connectivity index (χ0v) is 19.3. The molecule has 1 saturated heterocycles. The van der Waals surface area contributed by atoms with Gasteiger partial charge in [0.2, 0.25) is 11.8 Å².